The summed E-state index contributed by atoms with van der Waals surface area (Å²) in [4.78, 5) is 31.8. The van der Waals surface area contributed by atoms with Crippen molar-refractivity contribution >= 4 is 17.9 Å². The van der Waals surface area contributed by atoms with Gasteiger partial charge in [0.1, 0.15) is 6.10 Å². The van der Waals surface area contributed by atoms with Crippen molar-refractivity contribution in [2.24, 2.45) is 0 Å². The maximum absolute atomic E-state index is 10.7. The van der Waals surface area contributed by atoms with Gasteiger partial charge in [-0.25, -0.2) is 4.79 Å². The highest BCUT2D eigenvalue weighted by atomic mass is 16.6. The summed E-state index contributed by atoms with van der Waals surface area (Å²) in [6.45, 7) is 0. The summed E-state index contributed by atoms with van der Waals surface area (Å²) in [5.41, 5.74) is -2.33. The molecule has 1 heterocycles. The molecule has 1 aliphatic rings. The van der Waals surface area contributed by atoms with Gasteiger partial charge in [-0.2, -0.15) is 0 Å². The third kappa shape index (κ3) is 1.53. The second-order valence-corrected chi connectivity index (χ2v) is 2.96. The van der Waals surface area contributed by atoms with Gasteiger partial charge in [-0.15, -0.1) is 0 Å². The van der Waals surface area contributed by atoms with Crippen LogP contribution in [0.5, 0.6) is 0 Å². The second kappa shape index (κ2) is 3.26. The Balaban J connectivity index is 2.98. The van der Waals surface area contributed by atoms with E-state index in [9.17, 15) is 19.5 Å². The molecule has 3 N–H and O–H groups in total. The normalized spacial score (nSPS) is 31.2. The molecule has 0 spiro atoms. The smallest absolute Gasteiger partial charge is 0.351 e. The predicted molar refractivity (Wildman–Crippen MR) is 39.3 cm³/mol. The van der Waals surface area contributed by atoms with Gasteiger partial charge >= 0.3 is 17.9 Å². The molecular weight excluding hydrogens is 196 g/mol. The molecule has 1 saturated heterocycles. The van der Waals surface area contributed by atoms with E-state index in [0.717, 1.165) is 0 Å². The highest BCUT2D eigenvalue weighted by Gasteiger charge is 2.56. The first kappa shape index (κ1) is 10.5. The quantitative estimate of drug-likeness (QED) is 0.483. The van der Waals surface area contributed by atoms with E-state index in [-0.39, 0.29) is 0 Å². The van der Waals surface area contributed by atoms with Crippen LogP contribution in [-0.4, -0.2) is 44.9 Å². The molecule has 14 heavy (non-hydrogen) atoms. The maximum atomic E-state index is 10.7. The van der Waals surface area contributed by atoms with Crippen molar-refractivity contribution in [3.63, 3.8) is 0 Å². The number of aliphatic hydroxyl groups excluding tert-OH is 1. The third-order valence-corrected chi connectivity index (χ3v) is 1.97. The van der Waals surface area contributed by atoms with Crippen molar-refractivity contribution in [2.75, 3.05) is 0 Å². The number of carboxylic acids is 2. The summed E-state index contributed by atoms with van der Waals surface area (Å²) >= 11 is 0. The minimum atomic E-state index is -2.33. The van der Waals surface area contributed by atoms with Gasteiger partial charge in [0.25, 0.3) is 0 Å². The molecule has 2 unspecified atom stereocenters. The third-order valence-electron chi connectivity index (χ3n) is 1.97. The lowest BCUT2D eigenvalue weighted by atomic mass is 9.93. The van der Waals surface area contributed by atoms with Crippen LogP contribution in [0.15, 0.2) is 0 Å². The zero-order valence-electron chi connectivity index (χ0n) is 6.97. The summed E-state index contributed by atoms with van der Waals surface area (Å²) < 4.78 is 4.36. The number of aliphatic carboxylic acids is 2. The number of hydrogen-bond acceptors (Lipinski definition) is 5. The van der Waals surface area contributed by atoms with Crippen molar-refractivity contribution < 1.29 is 34.4 Å². The van der Waals surface area contributed by atoms with Crippen LogP contribution in [0.25, 0.3) is 0 Å². The van der Waals surface area contributed by atoms with Gasteiger partial charge in [-0.3, -0.25) is 9.59 Å². The summed E-state index contributed by atoms with van der Waals surface area (Å²) in [6.07, 6.45) is -3.07. The SMILES string of the molecule is O=C(O)CC1(C(=O)O)OC(=O)CC1O. The Morgan fingerprint density at radius 2 is 2.07 bits per heavy atom. The minimum absolute atomic E-state index is 0.500. The monoisotopic (exact) mass is 204 g/mol. The van der Waals surface area contributed by atoms with Crippen LogP contribution in [0, 0.1) is 0 Å². The summed E-state index contributed by atoms with van der Waals surface area (Å²) in [6, 6.07) is 0. The molecule has 7 heteroatoms. The molecule has 0 saturated carbocycles. The Morgan fingerprint density at radius 3 is 2.36 bits per heavy atom. The standard InChI is InChI=1S/C7H8O7/c8-3-1-5(11)14-7(3,6(12)13)2-4(9)10/h3,8H,1-2H2,(H,9,10)(H,12,13). The highest BCUT2D eigenvalue weighted by molar-refractivity contribution is 5.90. The first-order chi connectivity index (χ1) is 6.38. The maximum Gasteiger partial charge on any atom is 0.351 e. The molecule has 0 aromatic carbocycles. The van der Waals surface area contributed by atoms with Crippen LogP contribution in [0.1, 0.15) is 12.8 Å². The van der Waals surface area contributed by atoms with Crippen LogP contribution in [0.3, 0.4) is 0 Å². The molecular formula is C7H8O7. The number of carbonyl (C=O) groups excluding carboxylic acids is 1. The van der Waals surface area contributed by atoms with E-state index >= 15 is 0 Å². The summed E-state index contributed by atoms with van der Waals surface area (Å²) in [7, 11) is 0. The number of carbonyl (C=O) groups is 3. The molecule has 0 radical (unpaired) electrons. The van der Waals surface area contributed by atoms with Crippen LogP contribution < -0.4 is 0 Å². The van der Waals surface area contributed by atoms with Crippen molar-refractivity contribution in [3.05, 3.63) is 0 Å². The summed E-state index contributed by atoms with van der Waals surface area (Å²) in [5.74, 6) is -4.03. The van der Waals surface area contributed by atoms with Gasteiger partial charge in [-0.05, 0) is 0 Å². The lowest BCUT2D eigenvalue weighted by molar-refractivity contribution is -0.180. The number of hydrogen-bond donors (Lipinski definition) is 3. The topological polar surface area (TPSA) is 121 Å². The number of aliphatic hydroxyl groups is 1. The van der Waals surface area contributed by atoms with E-state index in [2.05, 4.69) is 4.74 Å². The predicted octanol–water partition coefficient (Wildman–Crippen LogP) is -1.41. The number of cyclic esters (lactones) is 1. The number of rotatable bonds is 3. The van der Waals surface area contributed by atoms with Gasteiger partial charge in [-0.1, -0.05) is 0 Å². The first-order valence-electron chi connectivity index (χ1n) is 3.73. The molecule has 0 aliphatic carbocycles. The van der Waals surface area contributed by atoms with Crippen molar-refractivity contribution in [1.82, 2.24) is 0 Å². The van der Waals surface area contributed by atoms with Gasteiger partial charge in [0, 0.05) is 0 Å². The fourth-order valence-corrected chi connectivity index (χ4v) is 1.28. The molecule has 0 bridgehead atoms. The molecule has 78 valence electrons. The number of ether oxygens (including phenoxy) is 1. The molecule has 1 aliphatic heterocycles. The van der Waals surface area contributed by atoms with Gasteiger partial charge < -0.3 is 20.1 Å². The molecule has 0 aromatic heterocycles. The fourth-order valence-electron chi connectivity index (χ4n) is 1.28. The second-order valence-electron chi connectivity index (χ2n) is 2.96. The van der Waals surface area contributed by atoms with E-state index in [0.29, 0.717) is 0 Å². The Bertz CT molecular complexity index is 296. The molecule has 7 nitrogen and oxygen atoms in total. The minimum Gasteiger partial charge on any atom is -0.481 e. The van der Waals surface area contributed by atoms with Gasteiger partial charge in [0.05, 0.1) is 12.8 Å². The van der Waals surface area contributed by atoms with Crippen LogP contribution in [0.2, 0.25) is 0 Å². The highest BCUT2D eigenvalue weighted by Crippen LogP contribution is 2.30. The Labute approximate surface area is 77.9 Å². The van der Waals surface area contributed by atoms with E-state index in [4.69, 9.17) is 10.2 Å². The van der Waals surface area contributed by atoms with E-state index in [1.165, 1.54) is 0 Å². The molecule has 0 amide bonds. The lowest BCUT2D eigenvalue weighted by Gasteiger charge is -2.23. The molecule has 1 fully saturated rings. The molecule has 2 atom stereocenters. The molecule has 1 rings (SSSR count). The Hall–Kier alpha value is -1.63. The van der Waals surface area contributed by atoms with Crippen molar-refractivity contribution in [2.45, 2.75) is 24.5 Å². The van der Waals surface area contributed by atoms with Crippen LogP contribution in [0.4, 0.5) is 0 Å². The van der Waals surface area contributed by atoms with Gasteiger partial charge in [0.2, 0.25) is 5.60 Å². The average Bonchev–Trinajstić information content (AvgIpc) is 2.26. The van der Waals surface area contributed by atoms with E-state index in [1.807, 2.05) is 0 Å². The zero-order valence-corrected chi connectivity index (χ0v) is 6.97. The van der Waals surface area contributed by atoms with Crippen LogP contribution in [-0.2, 0) is 19.1 Å². The summed E-state index contributed by atoms with van der Waals surface area (Å²) in [5, 5.41) is 26.4. The fraction of sp³-hybridized carbons (Fsp3) is 0.571. The largest absolute Gasteiger partial charge is 0.481 e. The van der Waals surface area contributed by atoms with Crippen molar-refractivity contribution in [1.29, 1.82) is 0 Å². The van der Waals surface area contributed by atoms with Crippen molar-refractivity contribution in [3.8, 4) is 0 Å². The zero-order chi connectivity index (χ0) is 10.9. The van der Waals surface area contributed by atoms with Crippen LogP contribution >= 0.6 is 0 Å². The number of carboxylic acid groups (broad SMARTS) is 2. The Kier molecular flexibility index (Phi) is 2.43. The number of esters is 1. The average molecular weight is 204 g/mol. The molecule has 0 aromatic rings. The van der Waals surface area contributed by atoms with E-state index < -0.39 is 42.5 Å². The lowest BCUT2D eigenvalue weighted by Crippen LogP contribution is -2.48. The first-order valence-corrected chi connectivity index (χ1v) is 3.73. The van der Waals surface area contributed by atoms with E-state index in [1.54, 1.807) is 0 Å². The Morgan fingerprint density at radius 1 is 1.50 bits per heavy atom. The van der Waals surface area contributed by atoms with Gasteiger partial charge in [0.15, 0.2) is 0 Å².